The van der Waals surface area contributed by atoms with Crippen LogP contribution in [0.15, 0.2) is 35.0 Å². The van der Waals surface area contributed by atoms with Crippen LogP contribution in [-0.2, 0) is 0 Å². The Kier molecular flexibility index (Phi) is 3.38. The van der Waals surface area contributed by atoms with Crippen LogP contribution in [0.1, 0.15) is 40.2 Å². The smallest absolute Gasteiger partial charge is 0.164 e. The molecule has 3 heteroatoms. The first-order chi connectivity index (χ1) is 9.25. The molecule has 0 saturated heterocycles. The van der Waals surface area contributed by atoms with Gasteiger partial charge in [0, 0.05) is 17.4 Å². The second kappa shape index (κ2) is 5.17. The van der Waals surface area contributed by atoms with Gasteiger partial charge in [0.15, 0.2) is 5.78 Å². The van der Waals surface area contributed by atoms with Crippen molar-refractivity contribution in [2.45, 2.75) is 25.7 Å². The molecule has 0 bridgehead atoms. The number of carbonyl (C=O) groups excluding carboxylic acids is 1. The number of Topliss-reactive ketones (excluding diaryl/α,β-unsaturated/α-hetero) is 1. The van der Waals surface area contributed by atoms with Gasteiger partial charge in [-0.05, 0) is 41.8 Å². The molecule has 0 aliphatic carbocycles. The maximum Gasteiger partial charge on any atom is 0.164 e. The van der Waals surface area contributed by atoms with Crippen LogP contribution >= 0.6 is 11.3 Å². The van der Waals surface area contributed by atoms with Crippen LogP contribution in [0.5, 0.6) is 5.75 Å². The molecule has 1 unspecified atom stereocenters. The molecule has 0 amide bonds. The van der Waals surface area contributed by atoms with Crippen molar-refractivity contribution in [3.8, 4) is 5.75 Å². The molecule has 2 heterocycles. The highest BCUT2D eigenvalue weighted by Gasteiger charge is 2.24. The Morgan fingerprint density at radius 1 is 1.37 bits per heavy atom. The van der Waals surface area contributed by atoms with E-state index in [0.29, 0.717) is 13.0 Å². The van der Waals surface area contributed by atoms with Gasteiger partial charge in [-0.25, -0.2) is 0 Å². The van der Waals surface area contributed by atoms with Crippen LogP contribution in [0, 0.1) is 6.92 Å². The van der Waals surface area contributed by atoms with Crippen LogP contribution in [0.25, 0.3) is 0 Å². The van der Waals surface area contributed by atoms with E-state index in [1.54, 1.807) is 11.3 Å². The number of aryl methyl sites for hydroxylation is 1. The second-order valence-corrected chi connectivity index (χ2v) is 5.71. The highest BCUT2D eigenvalue weighted by atomic mass is 32.1. The minimum atomic E-state index is 0.250. The molecule has 2 aromatic rings. The van der Waals surface area contributed by atoms with Crippen molar-refractivity contribution in [2.75, 3.05) is 6.61 Å². The van der Waals surface area contributed by atoms with Crippen molar-refractivity contribution in [3.05, 3.63) is 51.7 Å². The number of thiophene rings is 1. The van der Waals surface area contributed by atoms with Gasteiger partial charge in [-0.3, -0.25) is 4.79 Å². The van der Waals surface area contributed by atoms with Crippen LogP contribution in [0.2, 0.25) is 0 Å². The molecule has 0 saturated carbocycles. The molecular weight excluding hydrogens is 256 g/mol. The van der Waals surface area contributed by atoms with Gasteiger partial charge in [0.2, 0.25) is 0 Å². The monoisotopic (exact) mass is 272 g/mol. The van der Waals surface area contributed by atoms with Gasteiger partial charge in [0.1, 0.15) is 5.75 Å². The number of hydrogen-bond acceptors (Lipinski definition) is 3. The summed E-state index contributed by atoms with van der Waals surface area (Å²) >= 11 is 1.60. The van der Waals surface area contributed by atoms with Crippen molar-refractivity contribution in [1.82, 2.24) is 0 Å². The number of ether oxygens (including phenoxy) is 1. The number of ketones is 1. The van der Waals surface area contributed by atoms with Crippen molar-refractivity contribution in [3.63, 3.8) is 0 Å². The fourth-order valence-corrected chi connectivity index (χ4v) is 3.46. The Balaban J connectivity index is 1.82. The fourth-order valence-electron chi connectivity index (χ4n) is 2.61. The summed E-state index contributed by atoms with van der Waals surface area (Å²) in [6.07, 6.45) is 1.50. The van der Waals surface area contributed by atoms with E-state index in [-0.39, 0.29) is 11.7 Å². The van der Waals surface area contributed by atoms with E-state index < -0.39 is 0 Å². The first kappa shape index (κ1) is 12.4. The number of para-hydroxylation sites is 1. The zero-order chi connectivity index (χ0) is 13.2. The molecule has 1 aromatic heterocycles. The highest BCUT2D eigenvalue weighted by molar-refractivity contribution is 7.08. The summed E-state index contributed by atoms with van der Waals surface area (Å²) in [5.74, 6) is 1.48. The van der Waals surface area contributed by atoms with Crippen LogP contribution in [-0.4, -0.2) is 12.4 Å². The van der Waals surface area contributed by atoms with Gasteiger partial charge in [-0.1, -0.05) is 18.2 Å². The Labute approximate surface area is 117 Å². The van der Waals surface area contributed by atoms with Crippen LogP contribution in [0.3, 0.4) is 0 Å². The number of hydrogen-bond donors (Lipinski definition) is 0. The van der Waals surface area contributed by atoms with E-state index in [1.807, 2.05) is 35.9 Å². The van der Waals surface area contributed by atoms with Gasteiger partial charge < -0.3 is 4.74 Å². The average molecular weight is 272 g/mol. The molecule has 1 aromatic carbocycles. The summed E-state index contributed by atoms with van der Waals surface area (Å²) in [5.41, 5.74) is 3.15. The molecule has 3 rings (SSSR count). The molecule has 19 heavy (non-hydrogen) atoms. The minimum Gasteiger partial charge on any atom is -0.493 e. The van der Waals surface area contributed by atoms with E-state index in [2.05, 4.69) is 6.07 Å². The van der Waals surface area contributed by atoms with Crippen LogP contribution in [0.4, 0.5) is 0 Å². The standard InChI is InChI=1S/C16H16O2S/c1-11-9-19-10-14(11)15(17)8-12-6-7-18-16-5-3-2-4-13(12)16/h2-5,9-10,12H,6-8H2,1H3. The largest absolute Gasteiger partial charge is 0.493 e. The van der Waals surface area contributed by atoms with Gasteiger partial charge in [0.25, 0.3) is 0 Å². The Bertz CT molecular complexity index is 600. The van der Waals surface area contributed by atoms with Gasteiger partial charge in [0.05, 0.1) is 6.61 Å². The lowest BCUT2D eigenvalue weighted by molar-refractivity contribution is 0.0966. The summed E-state index contributed by atoms with van der Waals surface area (Å²) in [4.78, 5) is 12.4. The highest BCUT2D eigenvalue weighted by Crippen LogP contribution is 2.36. The first-order valence-corrected chi connectivity index (χ1v) is 7.47. The maximum atomic E-state index is 12.4. The molecule has 0 radical (unpaired) electrons. The summed E-state index contributed by atoms with van der Waals surface area (Å²) < 4.78 is 5.64. The van der Waals surface area contributed by atoms with Gasteiger partial charge in [-0.2, -0.15) is 11.3 Å². The Hall–Kier alpha value is -1.61. The molecule has 0 fully saturated rings. The zero-order valence-electron chi connectivity index (χ0n) is 10.9. The topological polar surface area (TPSA) is 26.3 Å². The summed E-state index contributed by atoms with van der Waals surface area (Å²) in [5, 5.41) is 3.99. The van der Waals surface area contributed by atoms with E-state index in [9.17, 15) is 4.79 Å². The number of benzene rings is 1. The normalized spacial score (nSPS) is 17.6. The third-order valence-electron chi connectivity index (χ3n) is 3.67. The SMILES string of the molecule is Cc1cscc1C(=O)CC1CCOc2ccccc21. The molecule has 2 nitrogen and oxygen atoms in total. The molecule has 0 N–H and O–H groups in total. The van der Waals surface area contributed by atoms with Gasteiger partial charge >= 0.3 is 0 Å². The van der Waals surface area contributed by atoms with Crippen molar-refractivity contribution in [2.24, 2.45) is 0 Å². The molecule has 98 valence electrons. The maximum absolute atomic E-state index is 12.4. The predicted molar refractivity (Wildman–Crippen MR) is 77.3 cm³/mol. The van der Waals surface area contributed by atoms with E-state index in [0.717, 1.165) is 23.3 Å². The quantitative estimate of drug-likeness (QED) is 0.783. The lowest BCUT2D eigenvalue weighted by Gasteiger charge is -2.25. The second-order valence-electron chi connectivity index (χ2n) is 4.97. The summed E-state index contributed by atoms with van der Waals surface area (Å²) in [7, 11) is 0. The van der Waals surface area contributed by atoms with Crippen molar-refractivity contribution in [1.29, 1.82) is 0 Å². The fraction of sp³-hybridized carbons (Fsp3) is 0.312. The van der Waals surface area contributed by atoms with E-state index in [4.69, 9.17) is 4.74 Å². The third-order valence-corrected chi connectivity index (χ3v) is 4.53. The first-order valence-electron chi connectivity index (χ1n) is 6.53. The molecule has 1 aliphatic heterocycles. The van der Waals surface area contributed by atoms with Crippen molar-refractivity contribution < 1.29 is 9.53 Å². The van der Waals surface area contributed by atoms with Gasteiger partial charge in [-0.15, -0.1) is 0 Å². The number of fused-ring (bicyclic) bond motifs is 1. The predicted octanol–water partition coefficient (Wildman–Crippen LogP) is 4.20. The molecule has 1 aliphatic rings. The van der Waals surface area contributed by atoms with Crippen molar-refractivity contribution >= 4 is 17.1 Å². The van der Waals surface area contributed by atoms with Crippen LogP contribution < -0.4 is 4.74 Å². The Morgan fingerprint density at radius 3 is 3.00 bits per heavy atom. The lowest BCUT2D eigenvalue weighted by atomic mass is 9.87. The minimum absolute atomic E-state index is 0.250. The number of rotatable bonds is 3. The molecule has 1 atom stereocenters. The summed E-state index contributed by atoms with van der Waals surface area (Å²) in [6.45, 7) is 2.71. The zero-order valence-corrected chi connectivity index (χ0v) is 11.7. The third kappa shape index (κ3) is 2.43. The Morgan fingerprint density at radius 2 is 2.21 bits per heavy atom. The molecule has 0 spiro atoms. The van der Waals surface area contributed by atoms with E-state index >= 15 is 0 Å². The average Bonchev–Trinajstić information content (AvgIpc) is 2.85. The number of carbonyl (C=O) groups is 1. The van der Waals surface area contributed by atoms with E-state index in [1.165, 1.54) is 5.56 Å². The summed E-state index contributed by atoms with van der Waals surface area (Å²) in [6, 6.07) is 8.06. The molecular formula is C16H16O2S. The lowest BCUT2D eigenvalue weighted by Crippen LogP contribution is -2.17.